The fourth-order valence-electron chi connectivity index (χ4n) is 1.23. The van der Waals surface area contributed by atoms with Crippen molar-refractivity contribution in [1.29, 1.82) is 0 Å². The molecule has 4 nitrogen and oxygen atoms in total. The molecular formula is C13H18N2O2. The largest absolute Gasteiger partial charge is 0.489 e. The lowest BCUT2D eigenvalue weighted by atomic mass is 10.3. The van der Waals surface area contributed by atoms with Crippen LogP contribution in [-0.2, 0) is 0 Å². The van der Waals surface area contributed by atoms with Crippen LogP contribution in [0.5, 0.6) is 5.75 Å². The lowest BCUT2D eigenvalue weighted by Gasteiger charge is -2.08. The zero-order valence-electron chi connectivity index (χ0n) is 10.0. The van der Waals surface area contributed by atoms with Gasteiger partial charge in [-0.25, -0.2) is 4.79 Å². The number of rotatable bonds is 6. The number of carbonyl (C=O) groups excluding carboxylic acids is 1. The van der Waals surface area contributed by atoms with Crippen molar-refractivity contribution in [2.45, 2.75) is 13.3 Å². The number of carbonyl (C=O) groups is 1. The van der Waals surface area contributed by atoms with Crippen molar-refractivity contribution in [2.24, 2.45) is 0 Å². The number of urea groups is 1. The Morgan fingerprint density at radius 2 is 2.35 bits per heavy atom. The van der Waals surface area contributed by atoms with Gasteiger partial charge in [0.2, 0.25) is 0 Å². The van der Waals surface area contributed by atoms with Crippen molar-refractivity contribution < 1.29 is 9.53 Å². The van der Waals surface area contributed by atoms with Crippen LogP contribution in [0.25, 0.3) is 0 Å². The number of hydrogen-bond donors (Lipinski definition) is 2. The van der Waals surface area contributed by atoms with Crippen molar-refractivity contribution in [3.8, 4) is 5.75 Å². The molecule has 0 aliphatic heterocycles. The first-order valence-corrected chi connectivity index (χ1v) is 5.65. The highest BCUT2D eigenvalue weighted by Crippen LogP contribution is 2.17. The van der Waals surface area contributed by atoms with Crippen molar-refractivity contribution in [3.05, 3.63) is 36.9 Å². The summed E-state index contributed by atoms with van der Waals surface area (Å²) in [5.74, 6) is 0.707. The van der Waals surface area contributed by atoms with Gasteiger partial charge in [0.25, 0.3) is 0 Å². The van der Waals surface area contributed by atoms with Gasteiger partial charge in [0.05, 0.1) is 0 Å². The Balaban J connectivity index is 2.52. The number of nitrogens with one attached hydrogen (secondary N) is 2. The molecule has 0 aliphatic carbocycles. The molecule has 0 atom stereocenters. The highest BCUT2D eigenvalue weighted by molar-refractivity contribution is 5.89. The van der Waals surface area contributed by atoms with Crippen LogP contribution in [0.4, 0.5) is 10.5 Å². The number of anilines is 1. The number of ether oxygens (including phenoxy) is 1. The quantitative estimate of drug-likeness (QED) is 0.743. The van der Waals surface area contributed by atoms with E-state index in [4.69, 9.17) is 4.74 Å². The number of amides is 2. The smallest absolute Gasteiger partial charge is 0.319 e. The van der Waals surface area contributed by atoms with Gasteiger partial charge in [0, 0.05) is 18.3 Å². The third-order valence-electron chi connectivity index (χ3n) is 2.00. The minimum atomic E-state index is -0.201. The van der Waals surface area contributed by atoms with E-state index in [0.717, 1.165) is 6.42 Å². The highest BCUT2D eigenvalue weighted by atomic mass is 16.5. The fourth-order valence-corrected chi connectivity index (χ4v) is 1.23. The third-order valence-corrected chi connectivity index (χ3v) is 2.00. The lowest BCUT2D eigenvalue weighted by Crippen LogP contribution is -2.29. The van der Waals surface area contributed by atoms with Crippen LogP contribution in [-0.4, -0.2) is 19.2 Å². The molecule has 1 aromatic rings. The summed E-state index contributed by atoms with van der Waals surface area (Å²) in [5, 5.41) is 5.47. The Hall–Kier alpha value is -1.97. The van der Waals surface area contributed by atoms with E-state index in [9.17, 15) is 4.79 Å². The van der Waals surface area contributed by atoms with Gasteiger partial charge in [-0.15, -0.1) is 0 Å². The third kappa shape index (κ3) is 5.06. The molecule has 4 heteroatoms. The molecule has 92 valence electrons. The first-order chi connectivity index (χ1) is 8.26. The van der Waals surface area contributed by atoms with E-state index in [1.807, 2.05) is 25.1 Å². The van der Waals surface area contributed by atoms with Crippen molar-refractivity contribution in [1.82, 2.24) is 5.32 Å². The van der Waals surface area contributed by atoms with E-state index in [1.165, 1.54) is 0 Å². The molecule has 0 spiro atoms. The topological polar surface area (TPSA) is 50.4 Å². The molecular weight excluding hydrogens is 216 g/mol. The molecule has 0 aliphatic rings. The molecule has 0 aromatic heterocycles. The van der Waals surface area contributed by atoms with Crippen LogP contribution in [0.15, 0.2) is 36.9 Å². The molecule has 2 N–H and O–H groups in total. The summed E-state index contributed by atoms with van der Waals surface area (Å²) in [6.07, 6.45) is 2.59. The lowest BCUT2D eigenvalue weighted by molar-refractivity contribution is 0.252. The molecule has 0 saturated carbocycles. The normalized spacial score (nSPS) is 9.47. The minimum absolute atomic E-state index is 0.201. The molecule has 0 heterocycles. The molecule has 2 amide bonds. The Morgan fingerprint density at radius 1 is 1.53 bits per heavy atom. The predicted molar refractivity (Wildman–Crippen MR) is 69.4 cm³/mol. The number of benzene rings is 1. The minimum Gasteiger partial charge on any atom is -0.489 e. The first kappa shape index (κ1) is 13.1. The predicted octanol–water partition coefficient (Wildman–Crippen LogP) is 2.78. The van der Waals surface area contributed by atoms with Gasteiger partial charge in [0.1, 0.15) is 12.4 Å². The maximum absolute atomic E-state index is 11.4. The van der Waals surface area contributed by atoms with Gasteiger partial charge < -0.3 is 15.4 Å². The Bertz CT molecular complexity index is 377. The van der Waals surface area contributed by atoms with Crippen LogP contribution in [0, 0.1) is 0 Å². The van der Waals surface area contributed by atoms with Gasteiger partial charge >= 0.3 is 6.03 Å². The summed E-state index contributed by atoms with van der Waals surface area (Å²) in [5.41, 5.74) is 0.708. The average molecular weight is 234 g/mol. The Labute approximate surface area is 102 Å². The fraction of sp³-hybridized carbons (Fsp3) is 0.308. The molecule has 1 aromatic carbocycles. The summed E-state index contributed by atoms with van der Waals surface area (Å²) in [7, 11) is 0. The SMILES string of the molecule is C=CCOc1cccc(NC(=O)NCCC)c1. The first-order valence-electron chi connectivity index (χ1n) is 5.65. The van der Waals surface area contributed by atoms with Gasteiger partial charge in [-0.1, -0.05) is 25.6 Å². The van der Waals surface area contributed by atoms with Gasteiger partial charge in [-0.3, -0.25) is 0 Å². The standard InChI is InChI=1S/C13H18N2O2/c1-3-8-14-13(16)15-11-6-5-7-12(10-11)17-9-4-2/h4-7,10H,2-3,8-9H2,1H3,(H2,14,15,16). The average Bonchev–Trinajstić information content (AvgIpc) is 2.34. The zero-order valence-corrected chi connectivity index (χ0v) is 10.0. The summed E-state index contributed by atoms with van der Waals surface area (Å²) in [6, 6.07) is 7.04. The highest BCUT2D eigenvalue weighted by Gasteiger charge is 2.01. The summed E-state index contributed by atoms with van der Waals surface area (Å²) >= 11 is 0. The van der Waals surface area contributed by atoms with Gasteiger partial charge in [-0.05, 0) is 18.6 Å². The molecule has 0 saturated heterocycles. The van der Waals surface area contributed by atoms with E-state index >= 15 is 0 Å². The molecule has 1 rings (SSSR count). The van der Waals surface area contributed by atoms with Crippen molar-refractivity contribution >= 4 is 11.7 Å². The van der Waals surface area contributed by atoms with E-state index in [-0.39, 0.29) is 6.03 Å². The second-order valence-electron chi connectivity index (χ2n) is 3.51. The maximum atomic E-state index is 11.4. The van der Waals surface area contributed by atoms with Crippen molar-refractivity contribution in [2.75, 3.05) is 18.5 Å². The van der Waals surface area contributed by atoms with Crippen LogP contribution in [0.1, 0.15) is 13.3 Å². The molecule has 0 unspecified atom stereocenters. The zero-order chi connectivity index (χ0) is 12.5. The monoisotopic (exact) mass is 234 g/mol. The van der Waals surface area contributed by atoms with E-state index in [2.05, 4.69) is 17.2 Å². The molecule has 0 bridgehead atoms. The van der Waals surface area contributed by atoms with E-state index < -0.39 is 0 Å². The van der Waals surface area contributed by atoms with E-state index in [1.54, 1.807) is 12.1 Å². The molecule has 17 heavy (non-hydrogen) atoms. The second-order valence-corrected chi connectivity index (χ2v) is 3.51. The molecule has 0 fully saturated rings. The van der Waals surface area contributed by atoms with Crippen LogP contribution in [0.3, 0.4) is 0 Å². The van der Waals surface area contributed by atoms with Crippen LogP contribution >= 0.6 is 0 Å². The Morgan fingerprint density at radius 3 is 3.06 bits per heavy atom. The van der Waals surface area contributed by atoms with Gasteiger partial charge in [0.15, 0.2) is 0 Å². The van der Waals surface area contributed by atoms with Crippen LogP contribution < -0.4 is 15.4 Å². The molecule has 0 radical (unpaired) electrons. The summed E-state index contributed by atoms with van der Waals surface area (Å²) < 4.78 is 5.37. The number of hydrogen-bond acceptors (Lipinski definition) is 2. The van der Waals surface area contributed by atoms with Gasteiger partial charge in [-0.2, -0.15) is 0 Å². The summed E-state index contributed by atoms with van der Waals surface area (Å²) in [4.78, 5) is 11.4. The Kier molecular flexibility index (Phi) is 5.64. The maximum Gasteiger partial charge on any atom is 0.319 e. The second kappa shape index (κ2) is 7.33. The van der Waals surface area contributed by atoms with Crippen molar-refractivity contribution in [3.63, 3.8) is 0 Å². The van der Waals surface area contributed by atoms with E-state index in [0.29, 0.717) is 24.6 Å². The van der Waals surface area contributed by atoms with Crippen LogP contribution in [0.2, 0.25) is 0 Å². The summed E-state index contributed by atoms with van der Waals surface area (Å²) in [6.45, 7) is 6.69.